The van der Waals surface area contributed by atoms with Crippen LogP contribution in [-0.4, -0.2) is 23.4 Å². The van der Waals surface area contributed by atoms with Crippen LogP contribution in [0.1, 0.15) is 5.69 Å². The summed E-state index contributed by atoms with van der Waals surface area (Å²) < 4.78 is 1.91. The van der Waals surface area contributed by atoms with E-state index in [0.29, 0.717) is 0 Å². The largest absolute Gasteiger partial charge is 0.319 e. The third kappa shape index (κ3) is 1.85. The van der Waals surface area contributed by atoms with Crippen LogP contribution in [0.15, 0.2) is 18.2 Å². The number of aromatic nitrogens is 2. The zero-order valence-electron chi connectivity index (χ0n) is 8.92. The molecule has 0 saturated carbocycles. The van der Waals surface area contributed by atoms with E-state index in [1.54, 1.807) is 0 Å². The standard InChI is InChI=1S/C11H14ClN3/c1-13-7-6-10-11-8(12)4-3-5-9(11)14-15(10)2/h3-5,13H,6-7H2,1-2H3. The third-order valence-corrected chi connectivity index (χ3v) is 2.86. The topological polar surface area (TPSA) is 29.9 Å². The summed E-state index contributed by atoms with van der Waals surface area (Å²) in [5.41, 5.74) is 2.15. The minimum atomic E-state index is 0.784. The first-order valence-corrected chi connectivity index (χ1v) is 5.36. The molecular weight excluding hydrogens is 210 g/mol. The van der Waals surface area contributed by atoms with Gasteiger partial charge in [0.15, 0.2) is 0 Å². The van der Waals surface area contributed by atoms with Crippen molar-refractivity contribution in [3.8, 4) is 0 Å². The Morgan fingerprint density at radius 2 is 2.27 bits per heavy atom. The van der Waals surface area contributed by atoms with Gasteiger partial charge in [-0.1, -0.05) is 17.7 Å². The molecule has 4 heteroatoms. The first kappa shape index (κ1) is 10.5. The molecule has 0 saturated heterocycles. The highest BCUT2D eigenvalue weighted by Gasteiger charge is 2.10. The summed E-state index contributed by atoms with van der Waals surface area (Å²) in [7, 11) is 3.90. The second-order valence-electron chi connectivity index (χ2n) is 3.56. The number of nitrogens with zero attached hydrogens (tertiary/aromatic N) is 2. The van der Waals surface area contributed by atoms with Crippen molar-refractivity contribution in [1.29, 1.82) is 0 Å². The molecule has 1 aromatic heterocycles. The maximum absolute atomic E-state index is 6.18. The van der Waals surface area contributed by atoms with Crippen LogP contribution >= 0.6 is 11.6 Å². The lowest BCUT2D eigenvalue weighted by Gasteiger charge is -2.02. The second kappa shape index (κ2) is 4.21. The summed E-state index contributed by atoms with van der Waals surface area (Å²) in [6.45, 7) is 0.930. The lowest BCUT2D eigenvalue weighted by molar-refractivity contribution is 0.688. The van der Waals surface area contributed by atoms with Crippen LogP contribution < -0.4 is 5.32 Å². The summed E-state index contributed by atoms with van der Waals surface area (Å²) in [6, 6.07) is 5.83. The normalized spacial score (nSPS) is 11.1. The highest BCUT2D eigenvalue weighted by Crippen LogP contribution is 2.26. The van der Waals surface area contributed by atoms with Gasteiger partial charge in [-0.25, -0.2) is 0 Å². The van der Waals surface area contributed by atoms with Crippen molar-refractivity contribution in [2.45, 2.75) is 6.42 Å². The maximum Gasteiger partial charge on any atom is 0.0941 e. The fraction of sp³-hybridized carbons (Fsp3) is 0.364. The van der Waals surface area contributed by atoms with Crippen molar-refractivity contribution in [1.82, 2.24) is 15.1 Å². The molecule has 2 aromatic rings. The fourth-order valence-corrected chi connectivity index (χ4v) is 2.07. The molecule has 15 heavy (non-hydrogen) atoms. The lowest BCUT2D eigenvalue weighted by Crippen LogP contribution is -2.12. The number of nitrogens with one attached hydrogen (secondary N) is 1. The number of benzene rings is 1. The number of aryl methyl sites for hydroxylation is 1. The Labute approximate surface area is 94.0 Å². The highest BCUT2D eigenvalue weighted by molar-refractivity contribution is 6.35. The summed E-state index contributed by atoms with van der Waals surface area (Å²) in [6.07, 6.45) is 0.938. The van der Waals surface area contributed by atoms with Crippen LogP contribution in [0, 0.1) is 0 Å². The van der Waals surface area contributed by atoms with Crippen LogP contribution in [0.3, 0.4) is 0 Å². The Hall–Kier alpha value is -1.06. The number of rotatable bonds is 3. The molecule has 0 amide bonds. The lowest BCUT2D eigenvalue weighted by atomic mass is 10.1. The number of fused-ring (bicyclic) bond motifs is 1. The number of hydrogen-bond donors (Lipinski definition) is 1. The molecule has 0 aliphatic heterocycles. The molecule has 0 bridgehead atoms. The Kier molecular flexibility index (Phi) is 2.93. The zero-order valence-corrected chi connectivity index (χ0v) is 9.67. The van der Waals surface area contributed by atoms with Gasteiger partial charge in [-0.3, -0.25) is 4.68 Å². The average molecular weight is 224 g/mol. The molecule has 2 rings (SSSR count). The van der Waals surface area contributed by atoms with E-state index in [4.69, 9.17) is 11.6 Å². The highest BCUT2D eigenvalue weighted by atomic mass is 35.5. The molecule has 0 aliphatic carbocycles. The number of likely N-dealkylation sites (N-methyl/N-ethyl adjacent to an activating group) is 1. The van der Waals surface area contributed by atoms with Crippen LogP contribution in [0.4, 0.5) is 0 Å². The molecule has 1 heterocycles. The number of halogens is 1. The molecule has 0 radical (unpaired) electrons. The van der Waals surface area contributed by atoms with Gasteiger partial charge in [0.1, 0.15) is 0 Å². The Balaban J connectivity index is 2.55. The summed E-state index contributed by atoms with van der Waals surface area (Å²) in [4.78, 5) is 0. The van der Waals surface area contributed by atoms with Crippen molar-refractivity contribution in [2.75, 3.05) is 13.6 Å². The van der Waals surface area contributed by atoms with Gasteiger partial charge in [-0.15, -0.1) is 0 Å². The van der Waals surface area contributed by atoms with E-state index in [1.165, 1.54) is 5.69 Å². The second-order valence-corrected chi connectivity index (χ2v) is 3.97. The molecule has 1 N–H and O–H groups in total. The van der Waals surface area contributed by atoms with E-state index in [2.05, 4.69) is 10.4 Å². The van der Waals surface area contributed by atoms with Gasteiger partial charge in [0.25, 0.3) is 0 Å². The molecular formula is C11H14ClN3. The van der Waals surface area contributed by atoms with Crippen LogP contribution in [0.25, 0.3) is 10.9 Å². The minimum absolute atomic E-state index is 0.784. The van der Waals surface area contributed by atoms with Crippen molar-refractivity contribution < 1.29 is 0 Å². The average Bonchev–Trinajstić information content (AvgIpc) is 2.53. The van der Waals surface area contributed by atoms with E-state index in [1.807, 2.05) is 37.0 Å². The summed E-state index contributed by atoms with van der Waals surface area (Å²) in [5.74, 6) is 0. The molecule has 0 unspecified atom stereocenters. The summed E-state index contributed by atoms with van der Waals surface area (Å²) >= 11 is 6.18. The third-order valence-electron chi connectivity index (χ3n) is 2.54. The first-order chi connectivity index (χ1) is 7.24. The fourth-order valence-electron chi connectivity index (χ4n) is 1.80. The van der Waals surface area contributed by atoms with Crippen LogP contribution in [0.2, 0.25) is 5.02 Å². The van der Waals surface area contributed by atoms with Gasteiger partial charge in [0.2, 0.25) is 0 Å². The van der Waals surface area contributed by atoms with Crippen LogP contribution in [-0.2, 0) is 13.5 Å². The maximum atomic E-state index is 6.18. The smallest absolute Gasteiger partial charge is 0.0941 e. The molecule has 0 atom stereocenters. The molecule has 0 aliphatic rings. The Bertz CT molecular complexity index is 476. The van der Waals surface area contributed by atoms with E-state index in [0.717, 1.165) is 28.9 Å². The predicted octanol–water partition coefficient (Wildman–Crippen LogP) is 1.99. The van der Waals surface area contributed by atoms with E-state index < -0.39 is 0 Å². The van der Waals surface area contributed by atoms with Gasteiger partial charge in [0, 0.05) is 31.1 Å². The minimum Gasteiger partial charge on any atom is -0.319 e. The summed E-state index contributed by atoms with van der Waals surface area (Å²) in [5, 5.41) is 9.43. The molecule has 3 nitrogen and oxygen atoms in total. The van der Waals surface area contributed by atoms with Gasteiger partial charge in [-0.05, 0) is 19.2 Å². The monoisotopic (exact) mass is 223 g/mol. The quantitative estimate of drug-likeness (QED) is 0.863. The van der Waals surface area contributed by atoms with Gasteiger partial charge in [-0.2, -0.15) is 5.10 Å². The Morgan fingerprint density at radius 3 is 3.00 bits per heavy atom. The first-order valence-electron chi connectivity index (χ1n) is 4.98. The van der Waals surface area contributed by atoms with E-state index in [9.17, 15) is 0 Å². The van der Waals surface area contributed by atoms with Gasteiger partial charge in [0.05, 0.1) is 10.5 Å². The predicted molar refractivity (Wildman–Crippen MR) is 63.4 cm³/mol. The molecule has 80 valence electrons. The number of hydrogen-bond acceptors (Lipinski definition) is 2. The van der Waals surface area contributed by atoms with Crippen molar-refractivity contribution >= 4 is 22.5 Å². The van der Waals surface area contributed by atoms with Gasteiger partial charge >= 0.3 is 0 Å². The Morgan fingerprint density at radius 1 is 1.47 bits per heavy atom. The van der Waals surface area contributed by atoms with Crippen molar-refractivity contribution in [3.05, 3.63) is 28.9 Å². The SMILES string of the molecule is CNCCc1c2c(Cl)cccc2nn1C. The van der Waals surface area contributed by atoms with Crippen LogP contribution in [0.5, 0.6) is 0 Å². The van der Waals surface area contributed by atoms with E-state index >= 15 is 0 Å². The van der Waals surface area contributed by atoms with E-state index in [-0.39, 0.29) is 0 Å². The van der Waals surface area contributed by atoms with Crippen molar-refractivity contribution in [3.63, 3.8) is 0 Å². The molecule has 0 spiro atoms. The van der Waals surface area contributed by atoms with Crippen molar-refractivity contribution in [2.24, 2.45) is 7.05 Å². The molecule has 1 aromatic carbocycles. The molecule has 0 fully saturated rings. The van der Waals surface area contributed by atoms with Gasteiger partial charge < -0.3 is 5.32 Å². The zero-order chi connectivity index (χ0) is 10.8.